The maximum Gasteiger partial charge on any atom is 0.306 e. The zero-order chi connectivity index (χ0) is 44.4. The summed E-state index contributed by atoms with van der Waals surface area (Å²) in [5, 5.41) is 0. The first kappa shape index (κ1) is 57.6. The van der Waals surface area contributed by atoms with E-state index in [1.807, 2.05) is 0 Å². The van der Waals surface area contributed by atoms with E-state index in [0.29, 0.717) is 19.3 Å². The second kappa shape index (κ2) is 49.2. The predicted molar refractivity (Wildman–Crippen MR) is 261 cm³/mol. The molecule has 0 N–H and O–H groups in total. The van der Waals surface area contributed by atoms with Gasteiger partial charge >= 0.3 is 17.9 Å². The van der Waals surface area contributed by atoms with Gasteiger partial charge in [-0.3, -0.25) is 14.4 Å². The van der Waals surface area contributed by atoms with Crippen molar-refractivity contribution in [2.45, 2.75) is 232 Å². The topological polar surface area (TPSA) is 78.9 Å². The molecule has 0 amide bonds. The van der Waals surface area contributed by atoms with Gasteiger partial charge in [0.2, 0.25) is 0 Å². The lowest BCUT2D eigenvalue weighted by Crippen LogP contribution is -2.30. The van der Waals surface area contributed by atoms with Crippen molar-refractivity contribution in [3.8, 4) is 0 Å². The number of unbranched alkanes of at least 4 members (excludes halogenated alkanes) is 19. The van der Waals surface area contributed by atoms with E-state index in [2.05, 4.69) is 106 Å². The summed E-state index contributed by atoms with van der Waals surface area (Å²) in [7, 11) is 0. The highest BCUT2D eigenvalue weighted by molar-refractivity contribution is 5.71. The van der Waals surface area contributed by atoms with Crippen molar-refractivity contribution in [2.24, 2.45) is 0 Å². The summed E-state index contributed by atoms with van der Waals surface area (Å²) in [6.07, 6.45) is 62.8. The van der Waals surface area contributed by atoms with Crippen LogP contribution >= 0.6 is 0 Å². The minimum Gasteiger partial charge on any atom is -0.462 e. The first-order valence-electron chi connectivity index (χ1n) is 25.1. The van der Waals surface area contributed by atoms with Gasteiger partial charge in [-0.15, -0.1) is 0 Å². The van der Waals surface area contributed by atoms with Gasteiger partial charge in [0.25, 0.3) is 0 Å². The number of carbonyl (C=O) groups is 3. The van der Waals surface area contributed by atoms with E-state index in [4.69, 9.17) is 14.2 Å². The summed E-state index contributed by atoms with van der Waals surface area (Å²) < 4.78 is 16.7. The van der Waals surface area contributed by atoms with Crippen LogP contribution in [0.5, 0.6) is 0 Å². The van der Waals surface area contributed by atoms with Crippen molar-refractivity contribution in [2.75, 3.05) is 13.2 Å². The maximum atomic E-state index is 12.8. The molecule has 0 aromatic heterocycles. The highest BCUT2D eigenvalue weighted by Gasteiger charge is 2.19. The zero-order valence-corrected chi connectivity index (χ0v) is 39.7. The van der Waals surface area contributed by atoms with Crippen molar-refractivity contribution in [3.63, 3.8) is 0 Å². The molecule has 0 saturated heterocycles. The first-order chi connectivity index (χ1) is 30.0. The predicted octanol–water partition coefficient (Wildman–Crippen LogP) is 16.4. The molecule has 0 aromatic carbocycles. The van der Waals surface area contributed by atoms with Gasteiger partial charge in [-0.05, 0) is 116 Å². The third-order valence-corrected chi connectivity index (χ3v) is 10.4. The molecule has 0 aromatic rings. The Morgan fingerprint density at radius 3 is 1.08 bits per heavy atom. The van der Waals surface area contributed by atoms with Crippen LogP contribution in [0.3, 0.4) is 0 Å². The van der Waals surface area contributed by atoms with Gasteiger partial charge < -0.3 is 14.2 Å². The fraction of sp³-hybridized carbons (Fsp3) is 0.691. The van der Waals surface area contributed by atoms with Gasteiger partial charge in [-0.1, -0.05) is 176 Å². The standard InChI is InChI=1S/C55H92O6/c1-4-7-10-13-16-19-22-25-27-30-33-36-39-42-45-48-54(57)60-51-52(50-59-53(56)47-44-41-38-35-32-29-24-21-18-15-12-9-6-3)61-55(58)49-46-43-40-37-34-31-28-26-23-20-17-14-11-8-5-2/h7,10,16-17,19-21,24-28,34,37,52H,4-6,8-9,11-15,18,22-23,29-33,35-36,38-51H2,1-3H3/b10-7-,19-16-,20-17-,24-21-,27-25-,28-26-,37-34-/t52-/m0/s1. The summed E-state index contributed by atoms with van der Waals surface area (Å²) >= 11 is 0. The molecule has 0 rings (SSSR count). The SMILES string of the molecule is CC/C=C\C/C=C\C/C=C\CCCCCCCC(=O)OC[C@H](COC(=O)CCCCCCC/C=C\CCCCCC)OC(=O)CCCC/C=C\C/C=C\C/C=C\CCCCC. The summed E-state index contributed by atoms with van der Waals surface area (Å²) in [5.41, 5.74) is 0. The van der Waals surface area contributed by atoms with E-state index in [1.165, 1.54) is 64.2 Å². The Labute approximate surface area is 375 Å². The Kier molecular flexibility index (Phi) is 46.5. The highest BCUT2D eigenvalue weighted by atomic mass is 16.6. The molecular weight excluding hydrogens is 757 g/mol. The molecule has 0 aliphatic carbocycles. The maximum absolute atomic E-state index is 12.8. The average Bonchev–Trinajstić information content (AvgIpc) is 3.26. The van der Waals surface area contributed by atoms with E-state index in [9.17, 15) is 14.4 Å². The summed E-state index contributed by atoms with van der Waals surface area (Å²) in [4.78, 5) is 37.9. The molecule has 0 heterocycles. The second-order valence-electron chi connectivity index (χ2n) is 16.3. The van der Waals surface area contributed by atoms with E-state index in [-0.39, 0.29) is 37.5 Å². The number of allylic oxidation sites excluding steroid dienone is 14. The van der Waals surface area contributed by atoms with E-state index in [0.717, 1.165) is 116 Å². The smallest absolute Gasteiger partial charge is 0.306 e. The first-order valence-corrected chi connectivity index (χ1v) is 25.1. The normalized spacial score (nSPS) is 12.8. The molecule has 0 fully saturated rings. The van der Waals surface area contributed by atoms with E-state index < -0.39 is 6.10 Å². The molecule has 0 radical (unpaired) electrons. The summed E-state index contributed by atoms with van der Waals surface area (Å²) in [5.74, 6) is -0.970. The lowest BCUT2D eigenvalue weighted by atomic mass is 10.1. The van der Waals surface area contributed by atoms with Crippen molar-refractivity contribution in [3.05, 3.63) is 85.1 Å². The molecule has 61 heavy (non-hydrogen) atoms. The lowest BCUT2D eigenvalue weighted by molar-refractivity contribution is -0.167. The van der Waals surface area contributed by atoms with Crippen LogP contribution in [0.2, 0.25) is 0 Å². The van der Waals surface area contributed by atoms with Crippen LogP contribution < -0.4 is 0 Å². The molecule has 0 unspecified atom stereocenters. The molecule has 0 bridgehead atoms. The van der Waals surface area contributed by atoms with Crippen LogP contribution in [0, 0.1) is 0 Å². The van der Waals surface area contributed by atoms with Crippen LogP contribution in [0.25, 0.3) is 0 Å². The number of ether oxygens (including phenoxy) is 3. The van der Waals surface area contributed by atoms with Crippen LogP contribution in [0.15, 0.2) is 85.1 Å². The van der Waals surface area contributed by atoms with Gasteiger partial charge in [-0.25, -0.2) is 0 Å². The van der Waals surface area contributed by atoms with Crippen molar-refractivity contribution in [1.29, 1.82) is 0 Å². The second-order valence-corrected chi connectivity index (χ2v) is 16.3. The van der Waals surface area contributed by atoms with Crippen molar-refractivity contribution >= 4 is 17.9 Å². The van der Waals surface area contributed by atoms with Gasteiger partial charge in [-0.2, -0.15) is 0 Å². The molecule has 0 aliphatic heterocycles. The van der Waals surface area contributed by atoms with Crippen molar-refractivity contribution in [1.82, 2.24) is 0 Å². The molecule has 6 nitrogen and oxygen atoms in total. The number of carbonyl (C=O) groups excluding carboxylic acids is 3. The Hall–Kier alpha value is -3.41. The quantitative estimate of drug-likeness (QED) is 0.0263. The van der Waals surface area contributed by atoms with E-state index in [1.54, 1.807) is 0 Å². The summed E-state index contributed by atoms with van der Waals surface area (Å²) in [6.45, 7) is 6.42. The monoisotopic (exact) mass is 849 g/mol. The minimum absolute atomic E-state index is 0.103. The minimum atomic E-state index is -0.806. The van der Waals surface area contributed by atoms with Gasteiger partial charge in [0.1, 0.15) is 13.2 Å². The molecule has 0 saturated carbocycles. The Bertz CT molecular complexity index is 1200. The van der Waals surface area contributed by atoms with Crippen LogP contribution in [0.4, 0.5) is 0 Å². The van der Waals surface area contributed by atoms with Crippen molar-refractivity contribution < 1.29 is 28.6 Å². The third-order valence-electron chi connectivity index (χ3n) is 10.4. The van der Waals surface area contributed by atoms with Gasteiger partial charge in [0.05, 0.1) is 0 Å². The molecule has 1 atom stereocenters. The highest BCUT2D eigenvalue weighted by Crippen LogP contribution is 2.12. The van der Waals surface area contributed by atoms with Gasteiger partial charge in [0.15, 0.2) is 6.10 Å². The van der Waals surface area contributed by atoms with Crippen LogP contribution in [-0.2, 0) is 28.6 Å². The number of hydrogen-bond acceptors (Lipinski definition) is 6. The Balaban J connectivity index is 4.50. The largest absolute Gasteiger partial charge is 0.462 e. The number of esters is 3. The fourth-order valence-corrected chi connectivity index (χ4v) is 6.57. The Morgan fingerprint density at radius 2 is 0.639 bits per heavy atom. The van der Waals surface area contributed by atoms with Crippen LogP contribution in [-0.4, -0.2) is 37.2 Å². The van der Waals surface area contributed by atoms with Gasteiger partial charge in [0, 0.05) is 19.3 Å². The molecule has 0 spiro atoms. The zero-order valence-electron chi connectivity index (χ0n) is 39.7. The number of rotatable bonds is 44. The number of hydrogen-bond donors (Lipinski definition) is 0. The molecule has 348 valence electrons. The third kappa shape index (κ3) is 47.5. The molecule has 0 aliphatic rings. The summed E-state index contributed by atoms with van der Waals surface area (Å²) in [6, 6.07) is 0. The fourth-order valence-electron chi connectivity index (χ4n) is 6.57. The molecule has 6 heteroatoms. The van der Waals surface area contributed by atoms with E-state index >= 15 is 0 Å². The average molecular weight is 849 g/mol. The Morgan fingerprint density at radius 1 is 0.344 bits per heavy atom. The molecular formula is C55H92O6. The van der Waals surface area contributed by atoms with Crippen LogP contribution in [0.1, 0.15) is 226 Å². The lowest BCUT2D eigenvalue weighted by Gasteiger charge is -2.18.